The van der Waals surface area contributed by atoms with Gasteiger partial charge in [-0.1, -0.05) is 18.9 Å². The molecule has 1 fully saturated rings. The fourth-order valence-electron chi connectivity index (χ4n) is 3.28. The molecule has 0 bridgehead atoms. The maximum Gasteiger partial charge on any atom is 0.339 e. The van der Waals surface area contributed by atoms with Gasteiger partial charge in [-0.15, -0.1) is 0 Å². The van der Waals surface area contributed by atoms with Gasteiger partial charge in [0, 0.05) is 0 Å². The van der Waals surface area contributed by atoms with Gasteiger partial charge in [-0.2, -0.15) is 0 Å². The molecular formula is C14H22O3. The Kier molecular flexibility index (Phi) is 4.21. The van der Waals surface area contributed by atoms with Crippen LogP contribution in [0.5, 0.6) is 0 Å². The first-order chi connectivity index (χ1) is 8.24. The van der Waals surface area contributed by atoms with Crippen molar-refractivity contribution in [3.05, 3.63) is 11.6 Å². The molecule has 0 aromatic carbocycles. The number of hydrogen-bond donors (Lipinski definition) is 1. The van der Waals surface area contributed by atoms with E-state index in [2.05, 4.69) is 6.08 Å². The predicted octanol–water partition coefficient (Wildman–Crippen LogP) is 2.44. The number of fused-ring (bicyclic) bond motifs is 1. The topological polar surface area (TPSA) is 46.5 Å². The summed E-state index contributed by atoms with van der Waals surface area (Å²) in [5.41, 5.74) is 0.930. The summed E-state index contributed by atoms with van der Waals surface area (Å²) in [6, 6.07) is 0. The van der Waals surface area contributed by atoms with Crippen molar-refractivity contribution in [2.75, 3.05) is 6.61 Å². The summed E-state index contributed by atoms with van der Waals surface area (Å²) in [4.78, 5) is 11.6. The number of hydrogen-bond acceptors (Lipinski definition) is 3. The van der Waals surface area contributed by atoms with Crippen LogP contribution in [0.25, 0.3) is 0 Å². The normalized spacial score (nSPS) is 30.1. The maximum atomic E-state index is 11.6. The fraction of sp³-hybridized carbons (Fsp3) is 0.786. The number of aliphatic hydroxyl groups is 1. The molecule has 0 spiro atoms. The van der Waals surface area contributed by atoms with Gasteiger partial charge in [0.15, 0.2) is 6.10 Å². The fourth-order valence-corrected chi connectivity index (χ4v) is 3.28. The highest BCUT2D eigenvalue weighted by molar-refractivity contribution is 5.78. The van der Waals surface area contributed by atoms with Gasteiger partial charge in [0.05, 0.1) is 6.61 Å². The number of carbonyl (C=O) groups is 1. The van der Waals surface area contributed by atoms with Crippen LogP contribution in [0, 0.1) is 11.8 Å². The Balaban J connectivity index is 2.07. The van der Waals surface area contributed by atoms with Gasteiger partial charge in [-0.25, -0.2) is 4.79 Å². The molecule has 1 saturated carbocycles. The Morgan fingerprint density at radius 2 is 2.24 bits per heavy atom. The SMILES string of the molecule is CCOC(=O)C(O)C1=CCCC2CCCCC12. The van der Waals surface area contributed by atoms with Crippen LogP contribution in [-0.4, -0.2) is 23.8 Å². The van der Waals surface area contributed by atoms with E-state index >= 15 is 0 Å². The highest BCUT2D eigenvalue weighted by Crippen LogP contribution is 2.42. The summed E-state index contributed by atoms with van der Waals surface area (Å²) in [5.74, 6) is 0.606. The van der Waals surface area contributed by atoms with Crippen molar-refractivity contribution in [3.63, 3.8) is 0 Å². The number of allylic oxidation sites excluding steroid dienone is 1. The second kappa shape index (κ2) is 5.67. The Bertz CT molecular complexity index is 309. The molecule has 0 saturated heterocycles. The van der Waals surface area contributed by atoms with Crippen LogP contribution in [0.1, 0.15) is 45.4 Å². The molecule has 96 valence electrons. The van der Waals surface area contributed by atoms with Crippen LogP contribution in [0.2, 0.25) is 0 Å². The van der Waals surface area contributed by atoms with E-state index in [4.69, 9.17) is 4.74 Å². The van der Waals surface area contributed by atoms with Crippen LogP contribution in [0.4, 0.5) is 0 Å². The monoisotopic (exact) mass is 238 g/mol. The van der Waals surface area contributed by atoms with Gasteiger partial charge in [0.2, 0.25) is 0 Å². The number of carbonyl (C=O) groups excluding carboxylic acids is 1. The molecule has 2 aliphatic carbocycles. The molecule has 17 heavy (non-hydrogen) atoms. The molecule has 0 aromatic rings. The highest BCUT2D eigenvalue weighted by Gasteiger charge is 2.35. The van der Waals surface area contributed by atoms with E-state index < -0.39 is 12.1 Å². The molecule has 0 amide bonds. The highest BCUT2D eigenvalue weighted by atomic mass is 16.5. The predicted molar refractivity (Wildman–Crippen MR) is 65.4 cm³/mol. The summed E-state index contributed by atoms with van der Waals surface area (Å²) in [6.45, 7) is 2.10. The minimum atomic E-state index is -1.03. The van der Waals surface area contributed by atoms with Gasteiger partial charge in [0.25, 0.3) is 0 Å². The third kappa shape index (κ3) is 2.71. The van der Waals surface area contributed by atoms with Crippen molar-refractivity contribution in [3.8, 4) is 0 Å². The lowest BCUT2D eigenvalue weighted by Crippen LogP contribution is -2.34. The summed E-state index contributed by atoms with van der Waals surface area (Å²) in [6.07, 6.45) is 8.12. The molecule has 0 radical (unpaired) electrons. The molecule has 1 N–H and O–H groups in total. The maximum absolute atomic E-state index is 11.6. The standard InChI is InChI=1S/C14H22O3/c1-2-17-14(16)13(15)12-9-5-7-10-6-3-4-8-11(10)12/h9-11,13,15H,2-8H2,1H3. The molecule has 0 aromatic heterocycles. The zero-order valence-corrected chi connectivity index (χ0v) is 10.5. The first kappa shape index (κ1) is 12.6. The van der Waals surface area contributed by atoms with Crippen molar-refractivity contribution < 1.29 is 14.6 Å². The Morgan fingerprint density at radius 3 is 3.00 bits per heavy atom. The van der Waals surface area contributed by atoms with Gasteiger partial charge < -0.3 is 9.84 Å². The van der Waals surface area contributed by atoms with Gasteiger partial charge in [-0.05, 0) is 50.0 Å². The molecule has 3 nitrogen and oxygen atoms in total. The number of esters is 1. The number of ether oxygens (including phenoxy) is 1. The van der Waals surface area contributed by atoms with Crippen LogP contribution in [-0.2, 0) is 9.53 Å². The molecule has 2 rings (SSSR count). The summed E-state index contributed by atoms with van der Waals surface area (Å²) < 4.78 is 4.91. The Labute approximate surface area is 103 Å². The lowest BCUT2D eigenvalue weighted by molar-refractivity contribution is -0.151. The minimum absolute atomic E-state index is 0.331. The van der Waals surface area contributed by atoms with Crippen LogP contribution in [0.3, 0.4) is 0 Å². The molecule has 3 atom stereocenters. The molecule has 0 aliphatic heterocycles. The lowest BCUT2D eigenvalue weighted by Gasteiger charge is -2.37. The van der Waals surface area contributed by atoms with E-state index in [0.29, 0.717) is 18.4 Å². The molecule has 0 heterocycles. The van der Waals surface area contributed by atoms with Crippen LogP contribution in [0.15, 0.2) is 11.6 Å². The average molecular weight is 238 g/mol. The third-order valence-corrected chi connectivity index (χ3v) is 4.08. The summed E-state index contributed by atoms with van der Waals surface area (Å²) >= 11 is 0. The third-order valence-electron chi connectivity index (χ3n) is 4.08. The van der Waals surface area contributed by atoms with Crippen molar-refractivity contribution in [1.82, 2.24) is 0 Å². The van der Waals surface area contributed by atoms with Gasteiger partial charge in [0.1, 0.15) is 0 Å². The van der Waals surface area contributed by atoms with E-state index in [9.17, 15) is 9.90 Å². The van der Waals surface area contributed by atoms with Crippen molar-refractivity contribution in [2.24, 2.45) is 11.8 Å². The van der Waals surface area contributed by atoms with E-state index in [1.807, 2.05) is 0 Å². The molecule has 3 heteroatoms. The van der Waals surface area contributed by atoms with E-state index in [0.717, 1.165) is 18.4 Å². The summed E-state index contributed by atoms with van der Waals surface area (Å²) in [7, 11) is 0. The second-order valence-corrected chi connectivity index (χ2v) is 5.09. The zero-order valence-electron chi connectivity index (χ0n) is 10.5. The van der Waals surface area contributed by atoms with Crippen LogP contribution >= 0.6 is 0 Å². The van der Waals surface area contributed by atoms with E-state index in [1.165, 1.54) is 25.7 Å². The minimum Gasteiger partial charge on any atom is -0.464 e. The van der Waals surface area contributed by atoms with Crippen molar-refractivity contribution >= 4 is 5.97 Å². The second-order valence-electron chi connectivity index (χ2n) is 5.09. The van der Waals surface area contributed by atoms with Gasteiger partial charge in [-0.3, -0.25) is 0 Å². The summed E-state index contributed by atoms with van der Waals surface area (Å²) in [5, 5.41) is 10.1. The molecular weight excluding hydrogens is 216 g/mol. The quantitative estimate of drug-likeness (QED) is 0.607. The first-order valence-corrected chi connectivity index (χ1v) is 6.78. The Hall–Kier alpha value is -0.830. The lowest BCUT2D eigenvalue weighted by atomic mass is 9.69. The van der Waals surface area contributed by atoms with Crippen molar-refractivity contribution in [2.45, 2.75) is 51.6 Å². The molecule has 2 aliphatic rings. The van der Waals surface area contributed by atoms with Crippen LogP contribution < -0.4 is 0 Å². The zero-order chi connectivity index (χ0) is 12.3. The van der Waals surface area contributed by atoms with E-state index in [1.54, 1.807) is 6.92 Å². The molecule has 3 unspecified atom stereocenters. The average Bonchev–Trinajstić information content (AvgIpc) is 2.37. The first-order valence-electron chi connectivity index (χ1n) is 6.78. The number of rotatable bonds is 3. The Morgan fingerprint density at radius 1 is 1.47 bits per heavy atom. The smallest absolute Gasteiger partial charge is 0.339 e. The van der Waals surface area contributed by atoms with Gasteiger partial charge >= 0.3 is 5.97 Å². The number of aliphatic hydroxyl groups excluding tert-OH is 1. The van der Waals surface area contributed by atoms with E-state index in [-0.39, 0.29) is 0 Å². The largest absolute Gasteiger partial charge is 0.464 e. The van der Waals surface area contributed by atoms with Crippen molar-refractivity contribution in [1.29, 1.82) is 0 Å².